The van der Waals surface area contributed by atoms with Gasteiger partial charge in [0.15, 0.2) is 5.54 Å². The van der Waals surface area contributed by atoms with Gasteiger partial charge in [-0.25, -0.2) is 0 Å². The number of fused-ring (bicyclic) bond motifs is 5. The summed E-state index contributed by atoms with van der Waals surface area (Å²) in [4.78, 5) is 34.8. The van der Waals surface area contributed by atoms with Crippen LogP contribution in [0.4, 0.5) is 0 Å². The maximum absolute atomic E-state index is 14.1. The molecule has 0 aliphatic carbocycles. The summed E-state index contributed by atoms with van der Waals surface area (Å²) in [5.41, 5.74) is 4.14. The first-order valence-corrected chi connectivity index (χ1v) is 12.8. The molecule has 36 heavy (non-hydrogen) atoms. The van der Waals surface area contributed by atoms with E-state index in [9.17, 15) is 9.59 Å². The van der Waals surface area contributed by atoms with Gasteiger partial charge < -0.3 is 14.8 Å². The standard InChI is InChI=1S/C30H28ClN3O2/c1-30-28-27(23-11-5-6-12-25(23)32-28)24(21-13-15-22(31)16-14-21)18-34(30)26(35)19-33(29(30)36)17-7-10-20-8-3-2-4-9-20/h2-6,8-9,11-16,24,32H,7,10,17-19H2,1H3/t24?,30-/m0/s1. The summed E-state index contributed by atoms with van der Waals surface area (Å²) in [7, 11) is 0. The lowest BCUT2D eigenvalue weighted by molar-refractivity contribution is -0.166. The third-order valence-corrected chi connectivity index (χ3v) is 8.08. The van der Waals surface area contributed by atoms with E-state index in [1.165, 1.54) is 5.56 Å². The Morgan fingerprint density at radius 1 is 0.972 bits per heavy atom. The van der Waals surface area contributed by atoms with Crippen molar-refractivity contribution >= 4 is 34.3 Å². The number of piperazine rings is 1. The summed E-state index contributed by atoms with van der Waals surface area (Å²) in [6.07, 6.45) is 1.68. The Morgan fingerprint density at radius 2 is 1.69 bits per heavy atom. The predicted molar refractivity (Wildman–Crippen MR) is 142 cm³/mol. The van der Waals surface area contributed by atoms with E-state index in [0.29, 0.717) is 18.1 Å². The first-order valence-electron chi connectivity index (χ1n) is 12.5. The van der Waals surface area contributed by atoms with Gasteiger partial charge >= 0.3 is 0 Å². The molecule has 0 radical (unpaired) electrons. The molecule has 1 aromatic heterocycles. The van der Waals surface area contributed by atoms with Crippen molar-refractivity contribution in [3.05, 3.63) is 106 Å². The van der Waals surface area contributed by atoms with Gasteiger partial charge in [-0.05, 0) is 54.7 Å². The number of nitrogens with zero attached hydrogens (tertiary/aromatic N) is 2. The van der Waals surface area contributed by atoms with Crippen LogP contribution >= 0.6 is 11.6 Å². The summed E-state index contributed by atoms with van der Waals surface area (Å²) >= 11 is 6.18. The molecule has 2 aliphatic heterocycles. The fourth-order valence-corrected chi connectivity index (χ4v) is 6.10. The molecule has 4 aromatic rings. The van der Waals surface area contributed by atoms with E-state index in [0.717, 1.165) is 40.6 Å². The molecule has 2 atom stereocenters. The summed E-state index contributed by atoms with van der Waals surface area (Å²) in [6.45, 7) is 3.03. The highest BCUT2D eigenvalue weighted by atomic mass is 35.5. The van der Waals surface area contributed by atoms with Crippen LogP contribution in [0.1, 0.15) is 41.6 Å². The molecule has 2 amide bonds. The molecule has 0 bridgehead atoms. The lowest BCUT2D eigenvalue weighted by Gasteiger charge is -2.51. The van der Waals surface area contributed by atoms with E-state index in [1.807, 2.05) is 67.6 Å². The van der Waals surface area contributed by atoms with Gasteiger partial charge in [0.1, 0.15) is 0 Å². The Kier molecular flexibility index (Phi) is 5.60. The largest absolute Gasteiger partial charge is 0.356 e. The average molecular weight is 498 g/mol. The van der Waals surface area contributed by atoms with Gasteiger partial charge in [0.2, 0.25) is 5.91 Å². The third kappa shape index (κ3) is 3.61. The number of aryl methyl sites for hydroxylation is 1. The molecule has 1 unspecified atom stereocenters. The van der Waals surface area contributed by atoms with Crippen molar-refractivity contribution < 1.29 is 9.59 Å². The molecule has 1 fully saturated rings. The minimum Gasteiger partial charge on any atom is -0.356 e. The van der Waals surface area contributed by atoms with Crippen LogP contribution in [0.3, 0.4) is 0 Å². The number of carbonyl (C=O) groups excluding carboxylic acids is 2. The summed E-state index contributed by atoms with van der Waals surface area (Å²) in [6, 6.07) is 26.2. The third-order valence-electron chi connectivity index (χ3n) is 7.83. The molecular formula is C30H28ClN3O2. The molecule has 5 nitrogen and oxygen atoms in total. The normalized spacial score (nSPS) is 21.6. The average Bonchev–Trinajstić information content (AvgIpc) is 3.29. The Labute approximate surface area is 215 Å². The SMILES string of the molecule is C[C@]12C(=O)N(CCCc3ccccc3)CC(=O)N1CC(c1ccc(Cl)cc1)c1c2[nH]c2ccccc12. The second-order valence-electron chi connectivity index (χ2n) is 9.96. The van der Waals surface area contributed by atoms with Gasteiger partial charge in [-0.2, -0.15) is 0 Å². The number of carbonyl (C=O) groups is 2. The molecular weight excluding hydrogens is 470 g/mol. The fourth-order valence-electron chi connectivity index (χ4n) is 5.97. The van der Waals surface area contributed by atoms with E-state index in [2.05, 4.69) is 23.2 Å². The fraction of sp³-hybridized carbons (Fsp3) is 0.267. The topological polar surface area (TPSA) is 56.4 Å². The monoisotopic (exact) mass is 497 g/mol. The molecule has 3 heterocycles. The maximum Gasteiger partial charge on any atom is 0.254 e. The Hall–Kier alpha value is -3.57. The minimum absolute atomic E-state index is 0.0138. The molecule has 0 saturated carbocycles. The van der Waals surface area contributed by atoms with E-state index in [1.54, 1.807) is 9.80 Å². The Balaban J connectivity index is 1.39. The number of rotatable bonds is 5. The number of para-hydroxylation sites is 1. The van der Waals surface area contributed by atoms with Crippen molar-refractivity contribution in [1.82, 2.24) is 14.8 Å². The van der Waals surface area contributed by atoms with Gasteiger partial charge in [-0.1, -0.05) is 72.3 Å². The number of halogens is 1. The molecule has 6 heteroatoms. The van der Waals surface area contributed by atoms with Crippen LogP contribution in [0, 0.1) is 0 Å². The van der Waals surface area contributed by atoms with Crippen LogP contribution in [-0.2, 0) is 21.5 Å². The highest BCUT2D eigenvalue weighted by Gasteiger charge is 2.56. The van der Waals surface area contributed by atoms with Gasteiger partial charge in [-0.3, -0.25) is 9.59 Å². The zero-order chi connectivity index (χ0) is 24.9. The highest BCUT2D eigenvalue weighted by Crippen LogP contribution is 2.48. The van der Waals surface area contributed by atoms with Crippen LogP contribution in [0.15, 0.2) is 78.9 Å². The lowest BCUT2D eigenvalue weighted by atomic mass is 9.76. The lowest BCUT2D eigenvalue weighted by Crippen LogP contribution is -2.67. The molecule has 2 aliphatic rings. The number of nitrogens with one attached hydrogen (secondary N) is 1. The van der Waals surface area contributed by atoms with E-state index >= 15 is 0 Å². The zero-order valence-corrected chi connectivity index (χ0v) is 21.0. The van der Waals surface area contributed by atoms with E-state index < -0.39 is 5.54 Å². The maximum atomic E-state index is 14.1. The van der Waals surface area contributed by atoms with Crippen LogP contribution in [0.2, 0.25) is 5.02 Å². The Bertz CT molecular complexity index is 1450. The molecule has 1 saturated heterocycles. The number of hydrogen-bond acceptors (Lipinski definition) is 2. The number of amides is 2. The smallest absolute Gasteiger partial charge is 0.254 e. The molecule has 0 spiro atoms. The van der Waals surface area contributed by atoms with Crippen molar-refractivity contribution in [1.29, 1.82) is 0 Å². The molecule has 3 aromatic carbocycles. The van der Waals surface area contributed by atoms with Crippen molar-refractivity contribution in [2.75, 3.05) is 19.6 Å². The van der Waals surface area contributed by atoms with Crippen LogP contribution in [0.5, 0.6) is 0 Å². The minimum atomic E-state index is -1.07. The van der Waals surface area contributed by atoms with Crippen molar-refractivity contribution in [3.8, 4) is 0 Å². The molecule has 1 N–H and O–H groups in total. The summed E-state index contributed by atoms with van der Waals surface area (Å²) < 4.78 is 0. The zero-order valence-electron chi connectivity index (χ0n) is 20.2. The van der Waals surface area contributed by atoms with Gasteiger partial charge in [0.05, 0.1) is 12.2 Å². The van der Waals surface area contributed by atoms with Crippen molar-refractivity contribution in [2.45, 2.75) is 31.2 Å². The summed E-state index contributed by atoms with van der Waals surface area (Å²) in [5.74, 6) is -0.0829. The van der Waals surface area contributed by atoms with Crippen molar-refractivity contribution in [2.24, 2.45) is 0 Å². The predicted octanol–water partition coefficient (Wildman–Crippen LogP) is 5.49. The molecule has 6 rings (SSSR count). The first kappa shape index (κ1) is 22.9. The van der Waals surface area contributed by atoms with Crippen LogP contribution in [-0.4, -0.2) is 46.2 Å². The molecule has 182 valence electrons. The van der Waals surface area contributed by atoms with Crippen LogP contribution in [0.25, 0.3) is 10.9 Å². The second-order valence-corrected chi connectivity index (χ2v) is 10.4. The Morgan fingerprint density at radius 3 is 2.47 bits per heavy atom. The number of hydrogen-bond donors (Lipinski definition) is 1. The van der Waals surface area contributed by atoms with Crippen LogP contribution < -0.4 is 0 Å². The van der Waals surface area contributed by atoms with Gasteiger partial charge in [-0.15, -0.1) is 0 Å². The van der Waals surface area contributed by atoms with E-state index in [-0.39, 0.29) is 24.3 Å². The summed E-state index contributed by atoms with van der Waals surface area (Å²) in [5, 5.41) is 1.77. The quantitative estimate of drug-likeness (QED) is 0.396. The number of aromatic amines is 1. The number of H-pyrrole nitrogens is 1. The van der Waals surface area contributed by atoms with Gasteiger partial charge in [0.25, 0.3) is 5.91 Å². The van der Waals surface area contributed by atoms with E-state index in [4.69, 9.17) is 11.6 Å². The first-order chi connectivity index (χ1) is 17.5. The van der Waals surface area contributed by atoms with Gasteiger partial charge in [0, 0.05) is 34.9 Å². The van der Waals surface area contributed by atoms with Crippen molar-refractivity contribution in [3.63, 3.8) is 0 Å². The highest BCUT2D eigenvalue weighted by molar-refractivity contribution is 6.30. The number of aromatic nitrogens is 1. The second kappa shape index (κ2) is 8.82. The number of benzene rings is 3.